The molecule has 3 atom stereocenters. The fraction of sp³-hybridized carbons (Fsp3) is 0.160. The quantitative estimate of drug-likeness (QED) is 0.321. The first-order valence-electron chi connectivity index (χ1n) is 11.4. The van der Waals surface area contributed by atoms with E-state index in [-0.39, 0.29) is 50.0 Å². The zero-order valence-corrected chi connectivity index (χ0v) is 21.6. The van der Waals surface area contributed by atoms with Crippen molar-refractivity contribution in [2.24, 2.45) is 5.92 Å². The molecule has 0 bridgehead atoms. The number of benzene rings is 3. The number of aromatic amines is 1. The topological polar surface area (TPSA) is 143 Å². The predicted octanol–water partition coefficient (Wildman–Crippen LogP) is 3.34. The van der Waals surface area contributed by atoms with Gasteiger partial charge in [-0.1, -0.05) is 47.5 Å². The van der Waals surface area contributed by atoms with Crippen molar-refractivity contribution in [3.05, 3.63) is 103 Å². The minimum absolute atomic E-state index is 0.00696. The molecule has 3 unspecified atom stereocenters. The summed E-state index contributed by atoms with van der Waals surface area (Å²) in [4.78, 5) is 25.1. The smallest absolute Gasteiger partial charge is 0.349 e. The number of rotatable bonds is 6. The van der Waals surface area contributed by atoms with Crippen molar-refractivity contribution in [3.8, 4) is 22.9 Å². The highest BCUT2D eigenvalue weighted by molar-refractivity contribution is 7.89. The van der Waals surface area contributed by atoms with Crippen LogP contribution in [0.15, 0.2) is 75.3 Å². The van der Waals surface area contributed by atoms with Gasteiger partial charge in [-0.05, 0) is 47.7 Å². The third-order valence-electron chi connectivity index (χ3n) is 6.71. The number of nitrogens with one attached hydrogen (secondary N) is 2. The van der Waals surface area contributed by atoms with Crippen molar-refractivity contribution in [2.75, 3.05) is 0 Å². The summed E-state index contributed by atoms with van der Waals surface area (Å²) >= 11 is 12.7. The van der Waals surface area contributed by atoms with Gasteiger partial charge in [0.25, 0.3) is 5.56 Å². The van der Waals surface area contributed by atoms with Crippen LogP contribution in [0.25, 0.3) is 5.69 Å². The summed E-state index contributed by atoms with van der Waals surface area (Å²) in [6, 6.07) is 14.2. The molecule has 38 heavy (non-hydrogen) atoms. The summed E-state index contributed by atoms with van der Waals surface area (Å²) in [5.74, 6) is -0.0927. The first-order valence-corrected chi connectivity index (χ1v) is 13.7. The van der Waals surface area contributed by atoms with Gasteiger partial charge < -0.3 is 9.84 Å². The lowest BCUT2D eigenvalue weighted by atomic mass is 10.1. The van der Waals surface area contributed by atoms with Gasteiger partial charge in [0, 0.05) is 18.0 Å². The summed E-state index contributed by atoms with van der Waals surface area (Å²) in [6.45, 7) is 0. The van der Waals surface area contributed by atoms with Gasteiger partial charge >= 0.3 is 5.69 Å². The largest absolute Gasteiger partial charge is 0.507 e. The summed E-state index contributed by atoms with van der Waals surface area (Å²) in [6.07, 6.45) is 1.73. The van der Waals surface area contributed by atoms with Crippen LogP contribution in [-0.4, -0.2) is 34.3 Å². The van der Waals surface area contributed by atoms with E-state index in [0.29, 0.717) is 0 Å². The maximum Gasteiger partial charge on any atom is 0.349 e. The molecule has 1 aromatic heterocycles. The molecular weight excluding hydrogens is 555 g/mol. The molecule has 0 radical (unpaired) electrons. The molecule has 13 heteroatoms. The first-order chi connectivity index (χ1) is 18.1. The summed E-state index contributed by atoms with van der Waals surface area (Å²) in [5, 5.41) is 14.1. The highest BCUT2D eigenvalue weighted by Crippen LogP contribution is 2.56. The van der Waals surface area contributed by atoms with E-state index in [4.69, 9.17) is 27.9 Å². The number of ether oxygens (including phenoxy) is 1. The number of phenols is 1. The number of phenolic OH excluding ortho intramolecular Hbond substituents is 1. The SMILES string of the molecule is O=c1cnn(-c2cc(Cl)c(Oc3ccc(O)c(S(=O)(=O)NC4C5Cc6ccccc6C54)c3)c(Cl)c2)c(=O)[nH]1. The predicted molar refractivity (Wildman–Crippen MR) is 139 cm³/mol. The number of halogens is 2. The number of aromatic nitrogens is 3. The monoisotopic (exact) mass is 572 g/mol. The van der Waals surface area contributed by atoms with Crippen molar-refractivity contribution >= 4 is 33.2 Å². The fourth-order valence-corrected chi connectivity index (χ4v) is 6.92. The Kier molecular flexibility index (Phi) is 5.84. The highest BCUT2D eigenvalue weighted by Gasteiger charge is 2.57. The Morgan fingerprint density at radius 2 is 1.82 bits per heavy atom. The van der Waals surface area contributed by atoms with Gasteiger partial charge in [-0.25, -0.2) is 17.9 Å². The van der Waals surface area contributed by atoms with E-state index in [9.17, 15) is 23.1 Å². The Morgan fingerprint density at radius 3 is 2.55 bits per heavy atom. The van der Waals surface area contributed by atoms with Gasteiger partial charge in [0.15, 0.2) is 5.75 Å². The van der Waals surface area contributed by atoms with Gasteiger partial charge in [-0.15, -0.1) is 0 Å². The normalized spacial score (nSPS) is 19.6. The van der Waals surface area contributed by atoms with Gasteiger partial charge in [0.05, 0.1) is 15.7 Å². The standard InChI is InChI=1S/C25H18Cl2N4O6S/c26-17-8-13(31-25(34)29-21(33)11-28-31)9-18(27)24(17)37-14-5-6-19(32)20(10-14)38(35,36)30-23-16-7-12-3-1-2-4-15(12)22(16)23/h1-6,8-11,16,22-23,30,32H,7H2,(H,29,33,34). The van der Waals surface area contributed by atoms with Crippen molar-refractivity contribution in [2.45, 2.75) is 23.3 Å². The second-order valence-corrected chi connectivity index (χ2v) is 11.6. The van der Waals surface area contributed by atoms with E-state index in [2.05, 4.69) is 20.9 Å². The number of aromatic hydroxyl groups is 1. The van der Waals surface area contributed by atoms with E-state index in [1.54, 1.807) is 0 Å². The van der Waals surface area contributed by atoms with E-state index < -0.39 is 27.0 Å². The van der Waals surface area contributed by atoms with Crippen LogP contribution in [0.3, 0.4) is 0 Å². The molecule has 6 rings (SSSR count). The van der Waals surface area contributed by atoms with Crippen LogP contribution in [0.2, 0.25) is 10.0 Å². The molecular formula is C25H18Cl2N4O6S. The number of H-pyrrole nitrogens is 1. The molecule has 1 fully saturated rings. The Labute approximate surface area is 225 Å². The minimum atomic E-state index is -4.08. The van der Waals surface area contributed by atoms with Crippen LogP contribution in [0.5, 0.6) is 17.2 Å². The van der Waals surface area contributed by atoms with Crippen molar-refractivity contribution in [3.63, 3.8) is 0 Å². The molecule has 0 aliphatic heterocycles. The second kappa shape index (κ2) is 8.98. The van der Waals surface area contributed by atoms with Gasteiger partial charge in [-0.3, -0.25) is 9.78 Å². The molecule has 10 nitrogen and oxygen atoms in total. The molecule has 194 valence electrons. The van der Waals surface area contributed by atoms with Crippen molar-refractivity contribution < 1.29 is 18.3 Å². The Hall–Kier alpha value is -3.64. The van der Waals surface area contributed by atoms with Gasteiger partial charge in [0.2, 0.25) is 10.0 Å². The average Bonchev–Trinajstić information content (AvgIpc) is 3.35. The number of hydrogen-bond acceptors (Lipinski definition) is 7. The Bertz CT molecular complexity index is 1820. The molecule has 0 saturated heterocycles. The van der Waals surface area contributed by atoms with E-state index in [1.807, 2.05) is 18.2 Å². The van der Waals surface area contributed by atoms with E-state index in [1.165, 1.54) is 35.9 Å². The minimum Gasteiger partial charge on any atom is -0.507 e. The van der Waals surface area contributed by atoms with Crippen molar-refractivity contribution in [1.29, 1.82) is 0 Å². The third-order valence-corrected chi connectivity index (χ3v) is 8.76. The molecule has 1 saturated carbocycles. The molecule has 4 aromatic rings. The molecule has 1 heterocycles. The Morgan fingerprint density at radius 1 is 1.08 bits per heavy atom. The highest BCUT2D eigenvalue weighted by atomic mass is 35.5. The fourth-order valence-electron chi connectivity index (χ4n) is 4.95. The zero-order valence-electron chi connectivity index (χ0n) is 19.3. The molecule has 0 amide bonds. The molecule has 2 aliphatic rings. The number of sulfonamides is 1. The molecule has 3 aromatic carbocycles. The maximum absolute atomic E-state index is 13.2. The number of fused-ring (bicyclic) bond motifs is 3. The van der Waals surface area contributed by atoms with Crippen LogP contribution in [-0.2, 0) is 16.4 Å². The lowest BCUT2D eigenvalue weighted by Crippen LogP contribution is -2.30. The molecule has 3 N–H and O–H groups in total. The first kappa shape index (κ1) is 24.7. The van der Waals surface area contributed by atoms with Crippen molar-refractivity contribution in [1.82, 2.24) is 19.5 Å². The third kappa shape index (κ3) is 4.27. The van der Waals surface area contributed by atoms with Crippen LogP contribution >= 0.6 is 23.2 Å². The average molecular weight is 573 g/mol. The Balaban J connectivity index is 1.25. The van der Waals surface area contributed by atoms with Gasteiger partial charge in [-0.2, -0.15) is 9.78 Å². The number of nitrogens with zero attached hydrogens (tertiary/aromatic N) is 2. The van der Waals surface area contributed by atoms with Crippen LogP contribution < -0.4 is 20.7 Å². The molecule has 0 spiro atoms. The van der Waals surface area contributed by atoms with E-state index in [0.717, 1.165) is 22.9 Å². The van der Waals surface area contributed by atoms with E-state index >= 15 is 0 Å². The molecule has 2 aliphatic carbocycles. The summed E-state index contributed by atoms with van der Waals surface area (Å²) in [7, 11) is -4.08. The van der Waals surface area contributed by atoms with Gasteiger partial charge in [0.1, 0.15) is 22.6 Å². The summed E-state index contributed by atoms with van der Waals surface area (Å²) in [5.41, 5.74) is 1.10. The maximum atomic E-state index is 13.2. The number of hydrogen-bond donors (Lipinski definition) is 3. The lowest BCUT2D eigenvalue weighted by Gasteiger charge is -2.14. The van der Waals surface area contributed by atoms with Crippen LogP contribution in [0.4, 0.5) is 0 Å². The second-order valence-electron chi connectivity index (χ2n) is 9.06. The van der Waals surface area contributed by atoms with Crippen LogP contribution in [0, 0.1) is 5.92 Å². The zero-order chi connectivity index (χ0) is 26.8. The summed E-state index contributed by atoms with van der Waals surface area (Å²) < 4.78 is 35.8. The lowest BCUT2D eigenvalue weighted by molar-refractivity contribution is 0.447. The van der Waals surface area contributed by atoms with Crippen LogP contribution in [0.1, 0.15) is 17.0 Å².